The van der Waals surface area contributed by atoms with Crippen LogP contribution in [0.2, 0.25) is 0 Å². The van der Waals surface area contributed by atoms with Crippen LogP contribution in [0.25, 0.3) is 0 Å². The van der Waals surface area contributed by atoms with Gasteiger partial charge in [0.2, 0.25) is 0 Å². The lowest BCUT2D eigenvalue weighted by atomic mass is 10.2. The molecule has 2 N–H and O–H groups in total. The Labute approximate surface area is 127 Å². The first-order valence-electron chi connectivity index (χ1n) is 6.66. The van der Waals surface area contributed by atoms with E-state index in [9.17, 15) is 14.3 Å². The first-order chi connectivity index (χ1) is 10.6. The summed E-state index contributed by atoms with van der Waals surface area (Å²) in [5.41, 5.74) is 2.48. The van der Waals surface area contributed by atoms with E-state index in [0.29, 0.717) is 17.9 Å². The Morgan fingerprint density at radius 3 is 2.82 bits per heavy atom. The lowest BCUT2D eigenvalue weighted by Crippen LogP contribution is -2.18. The number of phenols is 1. The molecule has 0 spiro atoms. The van der Waals surface area contributed by atoms with Crippen molar-refractivity contribution in [1.82, 2.24) is 5.43 Å². The van der Waals surface area contributed by atoms with Gasteiger partial charge in [-0.2, -0.15) is 5.10 Å². The summed E-state index contributed by atoms with van der Waals surface area (Å²) >= 11 is 0. The molecule has 0 unspecified atom stereocenters. The van der Waals surface area contributed by atoms with Crippen molar-refractivity contribution in [2.75, 3.05) is 6.61 Å². The number of rotatable bonds is 5. The van der Waals surface area contributed by atoms with Crippen LogP contribution >= 0.6 is 0 Å². The third-order valence-electron chi connectivity index (χ3n) is 2.82. The van der Waals surface area contributed by atoms with Gasteiger partial charge in [-0.1, -0.05) is 18.2 Å². The van der Waals surface area contributed by atoms with Crippen LogP contribution in [-0.4, -0.2) is 23.8 Å². The predicted octanol–water partition coefficient (Wildman–Crippen LogP) is 2.69. The van der Waals surface area contributed by atoms with Gasteiger partial charge >= 0.3 is 0 Å². The molecule has 5 nitrogen and oxygen atoms in total. The molecule has 1 amide bonds. The number of hydrogen-bond acceptors (Lipinski definition) is 4. The van der Waals surface area contributed by atoms with Crippen LogP contribution in [0.15, 0.2) is 47.6 Å². The molecule has 2 aromatic carbocycles. The zero-order valence-electron chi connectivity index (χ0n) is 11.9. The van der Waals surface area contributed by atoms with Gasteiger partial charge in [-0.25, -0.2) is 9.82 Å². The fourth-order valence-electron chi connectivity index (χ4n) is 1.78. The van der Waals surface area contributed by atoms with Gasteiger partial charge in [0.1, 0.15) is 5.82 Å². The number of phenolic OH excluding ortho intramolecular Hbond substituents is 1. The van der Waals surface area contributed by atoms with Gasteiger partial charge in [-0.15, -0.1) is 0 Å². The standard InChI is InChI=1S/C16H15FN2O3/c1-2-22-14-9-5-6-11(15(14)20)10-18-19-16(21)12-7-3-4-8-13(12)17/h3-10,20H,2H2,1H3,(H,19,21)/b18-10+. The molecule has 0 bridgehead atoms. The zero-order valence-corrected chi connectivity index (χ0v) is 11.9. The highest BCUT2D eigenvalue weighted by molar-refractivity contribution is 5.95. The van der Waals surface area contributed by atoms with Crippen molar-refractivity contribution in [3.63, 3.8) is 0 Å². The summed E-state index contributed by atoms with van der Waals surface area (Å²) in [5, 5.41) is 13.7. The van der Waals surface area contributed by atoms with Gasteiger partial charge in [-0.3, -0.25) is 4.79 Å². The largest absolute Gasteiger partial charge is 0.504 e. The van der Waals surface area contributed by atoms with Crippen LogP contribution in [0, 0.1) is 5.82 Å². The maximum atomic E-state index is 13.4. The number of aromatic hydroxyl groups is 1. The molecule has 0 aliphatic rings. The molecule has 0 aliphatic carbocycles. The molecular formula is C16H15FN2O3. The molecule has 0 aliphatic heterocycles. The van der Waals surface area contributed by atoms with Gasteiger partial charge in [0.05, 0.1) is 18.4 Å². The third kappa shape index (κ3) is 3.60. The van der Waals surface area contributed by atoms with Gasteiger partial charge in [0, 0.05) is 5.56 Å². The molecule has 0 saturated carbocycles. The quantitative estimate of drug-likeness (QED) is 0.659. The molecule has 0 aromatic heterocycles. The number of amides is 1. The highest BCUT2D eigenvalue weighted by Gasteiger charge is 2.10. The Bertz CT molecular complexity index is 702. The lowest BCUT2D eigenvalue weighted by molar-refractivity contribution is 0.0951. The summed E-state index contributed by atoms with van der Waals surface area (Å²) in [5.74, 6) is -1.05. The average molecular weight is 302 g/mol. The Kier molecular flexibility index (Phi) is 5.08. The topological polar surface area (TPSA) is 70.9 Å². The van der Waals surface area contributed by atoms with E-state index >= 15 is 0 Å². The summed E-state index contributed by atoms with van der Waals surface area (Å²) in [6.07, 6.45) is 1.26. The molecule has 114 valence electrons. The highest BCUT2D eigenvalue weighted by atomic mass is 19.1. The number of nitrogens with one attached hydrogen (secondary N) is 1. The molecule has 2 aromatic rings. The van der Waals surface area contributed by atoms with Crippen LogP contribution in [0.3, 0.4) is 0 Å². The van der Waals surface area contributed by atoms with Crippen molar-refractivity contribution in [3.8, 4) is 11.5 Å². The van der Waals surface area contributed by atoms with E-state index < -0.39 is 11.7 Å². The van der Waals surface area contributed by atoms with Crippen LogP contribution in [0.4, 0.5) is 4.39 Å². The van der Waals surface area contributed by atoms with E-state index in [2.05, 4.69) is 10.5 Å². The van der Waals surface area contributed by atoms with E-state index in [-0.39, 0.29) is 11.3 Å². The second kappa shape index (κ2) is 7.21. The van der Waals surface area contributed by atoms with Crippen LogP contribution in [-0.2, 0) is 0 Å². The minimum absolute atomic E-state index is 0.0757. The Hall–Kier alpha value is -2.89. The van der Waals surface area contributed by atoms with Crippen LogP contribution in [0.1, 0.15) is 22.8 Å². The Morgan fingerprint density at radius 2 is 2.09 bits per heavy atom. The van der Waals surface area contributed by atoms with E-state index in [1.54, 1.807) is 31.2 Å². The number of carbonyl (C=O) groups is 1. The second-order valence-corrected chi connectivity index (χ2v) is 4.31. The molecular weight excluding hydrogens is 287 g/mol. The second-order valence-electron chi connectivity index (χ2n) is 4.31. The predicted molar refractivity (Wildman–Crippen MR) is 80.7 cm³/mol. The SMILES string of the molecule is CCOc1cccc(/C=N/NC(=O)c2ccccc2F)c1O. The maximum absolute atomic E-state index is 13.4. The number of nitrogens with zero attached hydrogens (tertiary/aromatic N) is 1. The number of ether oxygens (including phenoxy) is 1. The van der Waals surface area contributed by atoms with Gasteiger partial charge in [0.25, 0.3) is 5.91 Å². The fraction of sp³-hybridized carbons (Fsp3) is 0.125. The summed E-state index contributed by atoms with van der Waals surface area (Å²) in [4.78, 5) is 11.8. The monoisotopic (exact) mass is 302 g/mol. The van der Waals surface area contributed by atoms with Crippen molar-refractivity contribution in [1.29, 1.82) is 0 Å². The third-order valence-corrected chi connectivity index (χ3v) is 2.82. The molecule has 0 saturated heterocycles. The average Bonchev–Trinajstić information content (AvgIpc) is 2.51. The molecule has 0 heterocycles. The summed E-state index contributed by atoms with van der Waals surface area (Å²) in [6, 6.07) is 10.5. The van der Waals surface area contributed by atoms with E-state index in [1.807, 2.05) is 0 Å². The number of hydrogen-bond donors (Lipinski definition) is 2. The van der Waals surface area contributed by atoms with Crippen molar-refractivity contribution in [2.24, 2.45) is 5.10 Å². The minimum atomic E-state index is -0.671. The smallest absolute Gasteiger partial charge is 0.274 e. The number of carbonyl (C=O) groups excluding carboxylic acids is 1. The molecule has 6 heteroatoms. The number of benzene rings is 2. The van der Waals surface area contributed by atoms with Crippen molar-refractivity contribution >= 4 is 12.1 Å². The molecule has 0 radical (unpaired) electrons. The summed E-state index contributed by atoms with van der Waals surface area (Å²) < 4.78 is 18.7. The number of para-hydroxylation sites is 1. The number of halogens is 1. The Balaban J connectivity index is 2.09. The number of hydrazone groups is 1. The van der Waals surface area contributed by atoms with Crippen molar-refractivity contribution in [3.05, 3.63) is 59.4 Å². The van der Waals surface area contributed by atoms with Crippen molar-refractivity contribution in [2.45, 2.75) is 6.92 Å². The van der Waals surface area contributed by atoms with Gasteiger partial charge in [0.15, 0.2) is 11.5 Å². The molecule has 0 fully saturated rings. The van der Waals surface area contributed by atoms with Crippen molar-refractivity contribution < 1.29 is 19.0 Å². The van der Waals surface area contributed by atoms with E-state index in [0.717, 1.165) is 0 Å². The minimum Gasteiger partial charge on any atom is -0.504 e. The zero-order chi connectivity index (χ0) is 15.9. The van der Waals surface area contributed by atoms with Gasteiger partial charge < -0.3 is 9.84 Å². The molecule has 0 atom stereocenters. The first kappa shape index (κ1) is 15.5. The van der Waals surface area contributed by atoms with E-state index in [1.165, 1.54) is 24.4 Å². The van der Waals surface area contributed by atoms with E-state index in [4.69, 9.17) is 4.74 Å². The first-order valence-corrected chi connectivity index (χ1v) is 6.66. The normalized spacial score (nSPS) is 10.6. The molecule has 2 rings (SSSR count). The summed E-state index contributed by atoms with van der Waals surface area (Å²) in [6.45, 7) is 2.22. The fourth-order valence-corrected chi connectivity index (χ4v) is 1.78. The maximum Gasteiger partial charge on any atom is 0.274 e. The highest BCUT2D eigenvalue weighted by Crippen LogP contribution is 2.28. The lowest BCUT2D eigenvalue weighted by Gasteiger charge is -2.07. The van der Waals surface area contributed by atoms with Gasteiger partial charge in [-0.05, 0) is 31.2 Å². The van der Waals surface area contributed by atoms with Crippen LogP contribution < -0.4 is 10.2 Å². The summed E-state index contributed by atoms with van der Waals surface area (Å²) in [7, 11) is 0. The van der Waals surface area contributed by atoms with Crippen LogP contribution in [0.5, 0.6) is 11.5 Å². The molecule has 22 heavy (non-hydrogen) atoms. The Morgan fingerprint density at radius 1 is 1.32 bits per heavy atom.